The van der Waals surface area contributed by atoms with Gasteiger partial charge in [0, 0.05) is 8.04 Å². The molecule has 4 rings (SSSR count). The number of fused-ring (bicyclic) bond motifs is 1. The maximum atomic E-state index is 13.2. The SMILES string of the molecule is O=c1c2cc(I)ccc2nc(/C=C/c2cccc(Br)c2)n1Cc1ccccc1. The summed E-state index contributed by atoms with van der Waals surface area (Å²) >= 11 is 5.71. The minimum absolute atomic E-state index is 0.0266. The molecule has 0 fully saturated rings. The maximum absolute atomic E-state index is 13.2. The number of aromatic nitrogens is 2. The van der Waals surface area contributed by atoms with Crippen molar-refractivity contribution in [2.24, 2.45) is 0 Å². The summed E-state index contributed by atoms with van der Waals surface area (Å²) in [6.45, 7) is 0.478. The van der Waals surface area contributed by atoms with E-state index in [-0.39, 0.29) is 5.56 Å². The molecule has 3 nitrogen and oxygen atoms in total. The lowest BCUT2D eigenvalue weighted by molar-refractivity contribution is 0.738. The van der Waals surface area contributed by atoms with E-state index in [2.05, 4.69) is 38.5 Å². The highest BCUT2D eigenvalue weighted by Crippen LogP contribution is 2.17. The van der Waals surface area contributed by atoms with Gasteiger partial charge in [0.05, 0.1) is 17.4 Å². The molecule has 0 aliphatic heterocycles. The first-order chi connectivity index (χ1) is 13.6. The average molecular weight is 543 g/mol. The van der Waals surface area contributed by atoms with E-state index in [1.165, 1.54) is 0 Å². The summed E-state index contributed by atoms with van der Waals surface area (Å²) in [5.41, 5.74) is 2.79. The second-order valence-corrected chi connectivity index (χ2v) is 8.56. The zero-order valence-corrected chi connectivity index (χ0v) is 18.6. The summed E-state index contributed by atoms with van der Waals surface area (Å²) in [7, 11) is 0. The first kappa shape index (κ1) is 19.1. The minimum atomic E-state index is -0.0266. The first-order valence-corrected chi connectivity index (χ1v) is 10.6. The Morgan fingerprint density at radius 2 is 1.79 bits per heavy atom. The molecule has 0 aliphatic carbocycles. The van der Waals surface area contributed by atoms with Crippen molar-refractivity contribution in [2.45, 2.75) is 6.54 Å². The highest BCUT2D eigenvalue weighted by Gasteiger charge is 2.10. The van der Waals surface area contributed by atoms with Crippen molar-refractivity contribution in [2.75, 3.05) is 0 Å². The normalized spacial score (nSPS) is 11.4. The van der Waals surface area contributed by atoms with Crippen LogP contribution in [0.15, 0.2) is 82.1 Å². The zero-order chi connectivity index (χ0) is 19.5. The molecule has 0 N–H and O–H groups in total. The Kier molecular flexibility index (Phi) is 5.73. The van der Waals surface area contributed by atoms with Crippen LogP contribution in [-0.4, -0.2) is 9.55 Å². The fourth-order valence-electron chi connectivity index (χ4n) is 3.04. The fourth-order valence-corrected chi connectivity index (χ4v) is 3.95. The predicted molar refractivity (Wildman–Crippen MR) is 127 cm³/mol. The molecule has 0 spiro atoms. The lowest BCUT2D eigenvalue weighted by atomic mass is 10.2. The van der Waals surface area contributed by atoms with Crippen molar-refractivity contribution >= 4 is 61.6 Å². The van der Waals surface area contributed by atoms with E-state index in [1.807, 2.05) is 84.9 Å². The Labute approximate surface area is 185 Å². The zero-order valence-electron chi connectivity index (χ0n) is 14.8. The van der Waals surface area contributed by atoms with E-state index in [1.54, 1.807) is 4.57 Å². The van der Waals surface area contributed by atoms with Gasteiger partial charge in [-0.1, -0.05) is 64.5 Å². The Balaban J connectivity index is 1.86. The monoisotopic (exact) mass is 542 g/mol. The molecule has 0 unspecified atom stereocenters. The van der Waals surface area contributed by atoms with Crippen LogP contribution in [0.1, 0.15) is 17.0 Å². The van der Waals surface area contributed by atoms with Crippen LogP contribution < -0.4 is 5.56 Å². The number of halogens is 2. The summed E-state index contributed by atoms with van der Waals surface area (Å²) < 4.78 is 3.77. The molecular weight excluding hydrogens is 527 g/mol. The van der Waals surface area contributed by atoms with Crippen molar-refractivity contribution in [1.29, 1.82) is 0 Å². The Bertz CT molecular complexity index is 1230. The smallest absolute Gasteiger partial charge is 0.261 e. The van der Waals surface area contributed by atoms with Gasteiger partial charge in [-0.25, -0.2) is 4.98 Å². The van der Waals surface area contributed by atoms with E-state index >= 15 is 0 Å². The van der Waals surface area contributed by atoms with Gasteiger partial charge in [-0.05, 0) is 70.1 Å². The van der Waals surface area contributed by atoms with Gasteiger partial charge in [-0.3, -0.25) is 9.36 Å². The molecule has 28 heavy (non-hydrogen) atoms. The fraction of sp³-hybridized carbons (Fsp3) is 0.0435. The summed E-state index contributed by atoms with van der Waals surface area (Å²) in [6.07, 6.45) is 3.88. The molecule has 1 aromatic heterocycles. The van der Waals surface area contributed by atoms with Gasteiger partial charge in [0.1, 0.15) is 5.82 Å². The molecule has 0 atom stereocenters. The van der Waals surface area contributed by atoms with Crippen LogP contribution in [-0.2, 0) is 6.54 Å². The van der Waals surface area contributed by atoms with Gasteiger partial charge >= 0.3 is 0 Å². The topological polar surface area (TPSA) is 34.9 Å². The van der Waals surface area contributed by atoms with Crippen molar-refractivity contribution in [1.82, 2.24) is 9.55 Å². The number of nitrogens with zero attached hydrogens (tertiary/aromatic N) is 2. The van der Waals surface area contributed by atoms with Crippen molar-refractivity contribution < 1.29 is 0 Å². The third-order valence-electron chi connectivity index (χ3n) is 4.40. The number of benzene rings is 3. The molecule has 0 amide bonds. The molecule has 0 saturated heterocycles. The molecular formula is C23H16BrIN2O. The summed E-state index contributed by atoms with van der Waals surface area (Å²) in [4.78, 5) is 18.0. The molecule has 3 aromatic carbocycles. The summed E-state index contributed by atoms with van der Waals surface area (Å²) in [6, 6.07) is 23.8. The number of rotatable bonds is 4. The molecule has 0 aliphatic rings. The van der Waals surface area contributed by atoms with Crippen molar-refractivity contribution in [3.05, 3.63) is 108 Å². The van der Waals surface area contributed by atoms with Crippen molar-refractivity contribution in [3.63, 3.8) is 0 Å². The van der Waals surface area contributed by atoms with Gasteiger partial charge in [0.2, 0.25) is 0 Å². The van der Waals surface area contributed by atoms with Gasteiger partial charge in [0.15, 0.2) is 0 Å². The van der Waals surface area contributed by atoms with Crippen molar-refractivity contribution in [3.8, 4) is 0 Å². The molecule has 1 heterocycles. The maximum Gasteiger partial charge on any atom is 0.261 e. The lowest BCUT2D eigenvalue weighted by Gasteiger charge is -2.12. The first-order valence-electron chi connectivity index (χ1n) is 8.78. The summed E-state index contributed by atoms with van der Waals surface area (Å²) in [5.74, 6) is 0.641. The minimum Gasteiger partial charge on any atom is -0.288 e. The van der Waals surface area contributed by atoms with Gasteiger partial charge in [-0.2, -0.15) is 0 Å². The lowest BCUT2D eigenvalue weighted by Crippen LogP contribution is -2.24. The molecule has 138 valence electrons. The highest BCUT2D eigenvalue weighted by molar-refractivity contribution is 14.1. The third kappa shape index (κ3) is 4.25. The van der Waals surface area contributed by atoms with E-state index in [0.29, 0.717) is 23.3 Å². The Hall–Kier alpha value is -2.25. The molecule has 5 heteroatoms. The Morgan fingerprint density at radius 3 is 2.57 bits per heavy atom. The average Bonchev–Trinajstić information content (AvgIpc) is 2.70. The van der Waals surface area contributed by atoms with Crippen LogP contribution in [0.3, 0.4) is 0 Å². The second-order valence-electron chi connectivity index (χ2n) is 6.40. The van der Waals surface area contributed by atoms with E-state index in [0.717, 1.165) is 19.2 Å². The van der Waals surface area contributed by atoms with Gasteiger partial charge < -0.3 is 0 Å². The molecule has 4 aromatic rings. The number of hydrogen-bond acceptors (Lipinski definition) is 2. The molecule has 0 saturated carbocycles. The third-order valence-corrected chi connectivity index (χ3v) is 5.57. The second kappa shape index (κ2) is 8.41. The number of hydrogen-bond donors (Lipinski definition) is 0. The van der Waals surface area contributed by atoms with Gasteiger partial charge in [-0.15, -0.1) is 0 Å². The Morgan fingerprint density at radius 1 is 0.964 bits per heavy atom. The van der Waals surface area contributed by atoms with Gasteiger partial charge in [0.25, 0.3) is 5.56 Å². The van der Waals surface area contributed by atoms with Crippen LogP contribution in [0.4, 0.5) is 0 Å². The van der Waals surface area contributed by atoms with Crippen LogP contribution in [0, 0.1) is 3.57 Å². The van der Waals surface area contributed by atoms with Crippen LogP contribution in [0.25, 0.3) is 23.1 Å². The standard InChI is InChI=1S/C23H16BrIN2O/c24-18-8-4-7-16(13-18)9-12-22-26-21-11-10-19(25)14-20(21)23(28)27(22)15-17-5-2-1-3-6-17/h1-14H,15H2/b12-9+. The van der Waals surface area contributed by atoms with Crippen LogP contribution >= 0.6 is 38.5 Å². The van der Waals surface area contributed by atoms with E-state index < -0.39 is 0 Å². The van der Waals surface area contributed by atoms with E-state index in [4.69, 9.17) is 4.98 Å². The summed E-state index contributed by atoms with van der Waals surface area (Å²) in [5, 5.41) is 0.641. The quantitative estimate of drug-likeness (QED) is 0.297. The van der Waals surface area contributed by atoms with E-state index in [9.17, 15) is 4.79 Å². The van der Waals surface area contributed by atoms with Crippen LogP contribution in [0.2, 0.25) is 0 Å². The molecule has 0 radical (unpaired) electrons. The largest absolute Gasteiger partial charge is 0.288 e. The predicted octanol–water partition coefficient (Wildman–Crippen LogP) is 5.98. The molecule has 0 bridgehead atoms. The van der Waals surface area contributed by atoms with Crippen LogP contribution in [0.5, 0.6) is 0 Å². The highest BCUT2D eigenvalue weighted by atomic mass is 127.